The Kier molecular flexibility index (Phi) is 4.22. The van der Waals surface area contributed by atoms with Crippen molar-refractivity contribution in [1.82, 2.24) is 4.98 Å². The van der Waals surface area contributed by atoms with Crippen molar-refractivity contribution in [2.24, 2.45) is 0 Å². The average molecular weight is 321 g/mol. The molecule has 100 valence electrons. The molecule has 0 aliphatic heterocycles. The first kappa shape index (κ1) is 14.0. The second-order valence-corrected chi connectivity index (χ2v) is 5.57. The van der Waals surface area contributed by atoms with Crippen molar-refractivity contribution in [2.45, 2.75) is 26.4 Å². The number of hydrogen-bond acceptors (Lipinski definition) is 3. The average Bonchev–Trinajstić information content (AvgIpc) is 2.35. The van der Waals surface area contributed by atoms with Crippen LogP contribution in [0.4, 0.5) is 5.82 Å². The summed E-state index contributed by atoms with van der Waals surface area (Å²) in [6.07, 6.45) is 1.66. The van der Waals surface area contributed by atoms with Gasteiger partial charge in [-0.15, -0.1) is 0 Å². The molecule has 0 saturated carbocycles. The molecule has 1 heterocycles. The second kappa shape index (κ2) is 5.72. The molecule has 0 amide bonds. The van der Waals surface area contributed by atoms with Crippen molar-refractivity contribution < 1.29 is 5.11 Å². The summed E-state index contributed by atoms with van der Waals surface area (Å²) in [5, 5.41) is 10.3. The van der Waals surface area contributed by atoms with Gasteiger partial charge in [0, 0.05) is 17.1 Å². The fourth-order valence-electron chi connectivity index (χ4n) is 2.13. The van der Waals surface area contributed by atoms with Gasteiger partial charge < -0.3 is 10.8 Å². The number of halogens is 1. The molecule has 4 heteroatoms. The van der Waals surface area contributed by atoms with Gasteiger partial charge in [-0.05, 0) is 48.2 Å². The van der Waals surface area contributed by atoms with E-state index in [0.29, 0.717) is 12.2 Å². The van der Waals surface area contributed by atoms with Crippen LogP contribution in [0, 0.1) is 13.8 Å². The number of anilines is 1. The Morgan fingerprint density at radius 3 is 2.47 bits per heavy atom. The molecule has 0 aliphatic carbocycles. The minimum Gasteiger partial charge on any atom is -0.388 e. The summed E-state index contributed by atoms with van der Waals surface area (Å²) in [6, 6.07) is 7.68. The van der Waals surface area contributed by atoms with Crippen LogP contribution in [0.15, 0.2) is 34.9 Å². The van der Waals surface area contributed by atoms with E-state index in [-0.39, 0.29) is 0 Å². The van der Waals surface area contributed by atoms with Crippen LogP contribution < -0.4 is 5.73 Å². The van der Waals surface area contributed by atoms with Crippen molar-refractivity contribution in [3.05, 3.63) is 57.2 Å². The van der Waals surface area contributed by atoms with Crippen LogP contribution in [-0.4, -0.2) is 10.1 Å². The molecular weight excluding hydrogens is 304 g/mol. The number of nitrogens with two attached hydrogens (primary N) is 1. The van der Waals surface area contributed by atoms with E-state index in [1.807, 2.05) is 32.0 Å². The van der Waals surface area contributed by atoms with E-state index in [9.17, 15) is 5.11 Å². The van der Waals surface area contributed by atoms with Gasteiger partial charge in [0.1, 0.15) is 5.82 Å². The van der Waals surface area contributed by atoms with Crippen LogP contribution in [0.1, 0.15) is 28.4 Å². The first-order valence-electron chi connectivity index (χ1n) is 6.12. The SMILES string of the molecule is Cc1cc(C(O)Cc2ccnc(N)c2)cc(C)c1Br. The third kappa shape index (κ3) is 3.33. The number of aliphatic hydroxyl groups excluding tert-OH is 1. The number of hydrogen-bond donors (Lipinski definition) is 2. The molecule has 1 unspecified atom stereocenters. The predicted octanol–water partition coefficient (Wildman–Crippen LogP) is 3.32. The van der Waals surface area contributed by atoms with Crippen LogP contribution in [0.2, 0.25) is 0 Å². The van der Waals surface area contributed by atoms with Crippen molar-refractivity contribution in [2.75, 3.05) is 5.73 Å². The lowest BCUT2D eigenvalue weighted by Gasteiger charge is -2.14. The number of rotatable bonds is 3. The van der Waals surface area contributed by atoms with E-state index < -0.39 is 6.10 Å². The lowest BCUT2D eigenvalue weighted by atomic mass is 9.98. The number of nitrogen functional groups attached to an aromatic ring is 1. The predicted molar refractivity (Wildman–Crippen MR) is 80.9 cm³/mol. The molecule has 2 rings (SSSR count). The number of aryl methyl sites for hydroxylation is 2. The van der Waals surface area contributed by atoms with Crippen molar-refractivity contribution >= 4 is 21.7 Å². The molecule has 1 atom stereocenters. The molecule has 0 spiro atoms. The number of aliphatic hydroxyl groups is 1. The van der Waals surface area contributed by atoms with Gasteiger partial charge in [-0.1, -0.05) is 28.1 Å². The van der Waals surface area contributed by atoms with Gasteiger partial charge in [0.25, 0.3) is 0 Å². The molecule has 2 aromatic rings. The van der Waals surface area contributed by atoms with E-state index in [4.69, 9.17) is 5.73 Å². The standard InChI is InChI=1S/C15H17BrN2O/c1-9-5-12(6-10(2)15(9)16)13(19)7-11-3-4-18-14(17)8-11/h3-6,8,13,19H,7H2,1-2H3,(H2,17,18). The highest BCUT2D eigenvalue weighted by Gasteiger charge is 2.12. The maximum absolute atomic E-state index is 10.3. The maximum atomic E-state index is 10.3. The maximum Gasteiger partial charge on any atom is 0.123 e. The zero-order chi connectivity index (χ0) is 14.0. The zero-order valence-corrected chi connectivity index (χ0v) is 12.6. The van der Waals surface area contributed by atoms with Gasteiger partial charge in [-0.2, -0.15) is 0 Å². The molecule has 1 aromatic heterocycles. The Balaban J connectivity index is 2.23. The first-order chi connectivity index (χ1) is 8.97. The Morgan fingerprint density at radius 1 is 1.26 bits per heavy atom. The van der Waals surface area contributed by atoms with E-state index >= 15 is 0 Å². The quantitative estimate of drug-likeness (QED) is 0.912. The summed E-state index contributed by atoms with van der Waals surface area (Å²) >= 11 is 3.53. The van der Waals surface area contributed by atoms with Crippen LogP contribution in [-0.2, 0) is 6.42 Å². The smallest absolute Gasteiger partial charge is 0.123 e. The molecule has 1 aromatic carbocycles. The number of nitrogens with zero attached hydrogens (tertiary/aromatic N) is 1. The molecule has 3 nitrogen and oxygen atoms in total. The fourth-order valence-corrected chi connectivity index (χ4v) is 2.36. The number of aromatic nitrogens is 1. The molecule has 0 saturated heterocycles. The number of pyridine rings is 1. The summed E-state index contributed by atoms with van der Waals surface area (Å²) < 4.78 is 1.09. The van der Waals surface area contributed by atoms with Gasteiger partial charge in [0.05, 0.1) is 6.10 Å². The van der Waals surface area contributed by atoms with Gasteiger partial charge in [-0.25, -0.2) is 4.98 Å². The monoisotopic (exact) mass is 320 g/mol. The number of benzene rings is 1. The molecular formula is C15H17BrN2O. The van der Waals surface area contributed by atoms with Gasteiger partial charge in [0.2, 0.25) is 0 Å². The largest absolute Gasteiger partial charge is 0.388 e. The van der Waals surface area contributed by atoms with Crippen LogP contribution in [0.5, 0.6) is 0 Å². The van der Waals surface area contributed by atoms with E-state index in [1.54, 1.807) is 12.3 Å². The van der Waals surface area contributed by atoms with Crippen molar-refractivity contribution in [3.63, 3.8) is 0 Å². The molecule has 0 fully saturated rings. The fraction of sp³-hybridized carbons (Fsp3) is 0.267. The Hall–Kier alpha value is -1.39. The lowest BCUT2D eigenvalue weighted by Crippen LogP contribution is -2.04. The highest BCUT2D eigenvalue weighted by molar-refractivity contribution is 9.10. The van der Waals surface area contributed by atoms with E-state index in [0.717, 1.165) is 26.7 Å². The Bertz CT molecular complexity index is 575. The second-order valence-electron chi connectivity index (χ2n) is 4.78. The van der Waals surface area contributed by atoms with Gasteiger partial charge >= 0.3 is 0 Å². The van der Waals surface area contributed by atoms with Gasteiger partial charge in [-0.3, -0.25) is 0 Å². The molecule has 0 radical (unpaired) electrons. The molecule has 0 aliphatic rings. The summed E-state index contributed by atoms with van der Waals surface area (Å²) in [4.78, 5) is 3.95. The third-order valence-corrected chi connectivity index (χ3v) is 4.37. The topological polar surface area (TPSA) is 59.1 Å². The lowest BCUT2D eigenvalue weighted by molar-refractivity contribution is 0.178. The highest BCUT2D eigenvalue weighted by Crippen LogP contribution is 2.27. The normalized spacial score (nSPS) is 12.4. The minimum absolute atomic E-state index is 0.480. The Morgan fingerprint density at radius 2 is 1.89 bits per heavy atom. The zero-order valence-electron chi connectivity index (χ0n) is 11.0. The third-order valence-electron chi connectivity index (χ3n) is 3.12. The van der Waals surface area contributed by atoms with Crippen LogP contribution in [0.25, 0.3) is 0 Å². The first-order valence-corrected chi connectivity index (χ1v) is 6.92. The van der Waals surface area contributed by atoms with Gasteiger partial charge in [0.15, 0.2) is 0 Å². The minimum atomic E-state index is -0.535. The molecule has 19 heavy (non-hydrogen) atoms. The van der Waals surface area contributed by atoms with E-state index in [1.165, 1.54) is 0 Å². The van der Waals surface area contributed by atoms with Crippen LogP contribution >= 0.6 is 15.9 Å². The summed E-state index contributed by atoms with van der Waals surface area (Å²) in [5.41, 5.74) is 9.81. The van der Waals surface area contributed by atoms with Crippen LogP contribution in [0.3, 0.4) is 0 Å². The summed E-state index contributed by atoms with van der Waals surface area (Å²) in [6.45, 7) is 4.05. The highest BCUT2D eigenvalue weighted by atomic mass is 79.9. The van der Waals surface area contributed by atoms with Crippen molar-refractivity contribution in [1.29, 1.82) is 0 Å². The summed E-state index contributed by atoms with van der Waals surface area (Å²) in [7, 11) is 0. The molecule has 0 bridgehead atoms. The Labute approximate surface area is 121 Å². The van der Waals surface area contributed by atoms with E-state index in [2.05, 4.69) is 20.9 Å². The van der Waals surface area contributed by atoms with Crippen molar-refractivity contribution in [3.8, 4) is 0 Å². The molecule has 3 N–H and O–H groups in total. The summed E-state index contributed by atoms with van der Waals surface area (Å²) in [5.74, 6) is 0.480.